The van der Waals surface area contributed by atoms with Crippen LogP contribution in [0.5, 0.6) is 0 Å². The van der Waals surface area contributed by atoms with Gasteiger partial charge in [-0.15, -0.1) is 0 Å². The third-order valence-corrected chi connectivity index (χ3v) is 15.1. The fourth-order valence-corrected chi connectivity index (χ4v) is 10.1. The first kappa shape index (κ1) is 70.1. The van der Waals surface area contributed by atoms with Crippen LogP contribution in [0.1, 0.15) is 245 Å². The van der Waals surface area contributed by atoms with Gasteiger partial charge in [-0.25, -0.2) is 0 Å². The molecular formula is C62H113NO13. The summed E-state index contributed by atoms with van der Waals surface area (Å²) in [6, 6.07) is -0.825. The van der Waals surface area contributed by atoms with Gasteiger partial charge in [-0.05, 0) is 51.4 Å². The summed E-state index contributed by atoms with van der Waals surface area (Å²) in [5.41, 5.74) is 0. The van der Waals surface area contributed by atoms with E-state index in [0.29, 0.717) is 12.8 Å². The number of hydrogen-bond donors (Lipinski definition) is 9. The molecule has 2 heterocycles. The number of aliphatic hydroxyl groups excluding tert-OH is 8. The first-order valence-corrected chi connectivity index (χ1v) is 30.9. The molecule has 0 aliphatic carbocycles. The van der Waals surface area contributed by atoms with E-state index in [9.17, 15) is 45.6 Å². The number of rotatable bonds is 49. The minimum absolute atomic E-state index is 0.207. The lowest BCUT2D eigenvalue weighted by Crippen LogP contribution is -2.65. The van der Waals surface area contributed by atoms with Gasteiger partial charge in [-0.1, -0.05) is 236 Å². The number of hydrogen-bond acceptors (Lipinski definition) is 13. The van der Waals surface area contributed by atoms with Crippen LogP contribution in [0.2, 0.25) is 0 Å². The Bertz CT molecular complexity index is 1460. The largest absolute Gasteiger partial charge is 0.394 e. The number of carbonyl (C=O) groups is 1. The van der Waals surface area contributed by atoms with Crippen molar-refractivity contribution in [2.24, 2.45) is 0 Å². The maximum Gasteiger partial charge on any atom is 0.220 e. The molecular weight excluding hydrogens is 967 g/mol. The van der Waals surface area contributed by atoms with Crippen LogP contribution in [0.25, 0.3) is 0 Å². The Morgan fingerprint density at radius 1 is 0.487 bits per heavy atom. The number of ether oxygens (including phenoxy) is 4. The minimum atomic E-state index is -1.78. The quantitative estimate of drug-likeness (QED) is 0.0204. The van der Waals surface area contributed by atoms with Crippen molar-refractivity contribution in [1.82, 2.24) is 5.32 Å². The Hall–Kier alpha value is -2.05. The van der Waals surface area contributed by atoms with Crippen LogP contribution >= 0.6 is 0 Å². The van der Waals surface area contributed by atoms with Gasteiger partial charge < -0.3 is 65.1 Å². The normalized spacial score (nSPS) is 25.2. The van der Waals surface area contributed by atoms with Crippen molar-refractivity contribution in [2.45, 2.75) is 319 Å². The van der Waals surface area contributed by atoms with E-state index in [2.05, 4.69) is 67.8 Å². The second-order valence-corrected chi connectivity index (χ2v) is 21.8. The highest BCUT2D eigenvalue weighted by molar-refractivity contribution is 5.76. The zero-order valence-corrected chi connectivity index (χ0v) is 47.7. The van der Waals surface area contributed by atoms with Crippen LogP contribution in [-0.4, -0.2) is 140 Å². The van der Waals surface area contributed by atoms with E-state index in [1.54, 1.807) is 0 Å². The highest BCUT2D eigenvalue weighted by Gasteiger charge is 2.51. The van der Waals surface area contributed by atoms with Crippen molar-refractivity contribution in [1.29, 1.82) is 0 Å². The summed E-state index contributed by atoms with van der Waals surface area (Å²) in [6.07, 6.45) is 43.0. The van der Waals surface area contributed by atoms with Gasteiger partial charge in [0.2, 0.25) is 5.91 Å². The molecule has 0 radical (unpaired) electrons. The van der Waals surface area contributed by atoms with Gasteiger partial charge in [0, 0.05) is 6.42 Å². The molecule has 444 valence electrons. The second-order valence-electron chi connectivity index (χ2n) is 21.8. The van der Waals surface area contributed by atoms with Gasteiger partial charge in [-0.3, -0.25) is 4.79 Å². The van der Waals surface area contributed by atoms with Crippen LogP contribution in [0, 0.1) is 0 Å². The summed E-state index contributed by atoms with van der Waals surface area (Å²) in [7, 11) is 0. The van der Waals surface area contributed by atoms with Crippen molar-refractivity contribution < 1.29 is 64.6 Å². The van der Waals surface area contributed by atoms with E-state index < -0.39 is 86.8 Å². The molecule has 12 atom stereocenters. The maximum atomic E-state index is 13.2. The highest BCUT2D eigenvalue weighted by Crippen LogP contribution is 2.30. The lowest BCUT2D eigenvalue weighted by Gasteiger charge is -2.46. The van der Waals surface area contributed by atoms with E-state index in [1.165, 1.54) is 141 Å². The Labute approximate surface area is 461 Å². The van der Waals surface area contributed by atoms with Gasteiger partial charge in [0.25, 0.3) is 0 Å². The van der Waals surface area contributed by atoms with Crippen LogP contribution in [0.4, 0.5) is 0 Å². The van der Waals surface area contributed by atoms with Crippen molar-refractivity contribution in [2.75, 3.05) is 19.8 Å². The smallest absolute Gasteiger partial charge is 0.220 e. The molecule has 0 saturated carbocycles. The first-order chi connectivity index (χ1) is 37.1. The van der Waals surface area contributed by atoms with E-state index in [4.69, 9.17) is 18.9 Å². The van der Waals surface area contributed by atoms with E-state index in [1.807, 2.05) is 0 Å². The van der Waals surface area contributed by atoms with Gasteiger partial charge in [-0.2, -0.15) is 0 Å². The molecule has 2 aliphatic rings. The monoisotopic (exact) mass is 1080 g/mol. The summed E-state index contributed by atoms with van der Waals surface area (Å²) in [5.74, 6) is -0.207. The molecule has 2 rings (SSSR count). The molecule has 0 bridgehead atoms. The SMILES string of the molecule is CC/C=C\C/C=C\C/C=C\C/C=C\CCCCCCCCCCCCCCCCCCCCCCC(=O)NC(COC1OC(CO)C(OC2OC(CO)C(O)C(O)C2O)C(O)C1O)C(O)CCCCCCCCCCC. The van der Waals surface area contributed by atoms with Gasteiger partial charge in [0.15, 0.2) is 12.6 Å². The second kappa shape index (κ2) is 47.7. The van der Waals surface area contributed by atoms with Crippen LogP contribution < -0.4 is 5.32 Å². The standard InChI is InChI=1S/C62H113NO13/c1-3-5-7-9-11-13-14-15-16-17-18-19-20-21-22-23-24-25-26-27-28-29-30-31-32-33-34-35-36-38-40-42-44-46-54(67)63-50(51(66)45-43-41-39-37-12-10-8-6-4-2)49-73-61-59(72)57(70)60(53(48-65)75-61)76-62-58(71)56(69)55(68)52(47-64)74-62/h5,7,11,13,15-16,18-19,50-53,55-62,64-66,68-72H,3-4,6,8-10,12,14,17,20-49H2,1-2H3,(H,63,67)/b7-5-,13-11-,16-15-,19-18-. The van der Waals surface area contributed by atoms with Crippen molar-refractivity contribution in [3.05, 3.63) is 48.6 Å². The predicted octanol–water partition coefficient (Wildman–Crippen LogP) is 10.8. The number of aliphatic hydroxyl groups is 8. The molecule has 2 saturated heterocycles. The van der Waals surface area contributed by atoms with Crippen molar-refractivity contribution in [3.8, 4) is 0 Å². The van der Waals surface area contributed by atoms with Gasteiger partial charge >= 0.3 is 0 Å². The molecule has 0 aromatic heterocycles. The lowest BCUT2D eigenvalue weighted by molar-refractivity contribution is -0.359. The molecule has 76 heavy (non-hydrogen) atoms. The molecule has 14 nitrogen and oxygen atoms in total. The lowest BCUT2D eigenvalue weighted by atomic mass is 9.97. The number of allylic oxidation sites excluding steroid dienone is 8. The number of amides is 1. The van der Waals surface area contributed by atoms with Gasteiger partial charge in [0.1, 0.15) is 48.8 Å². The van der Waals surface area contributed by atoms with Crippen LogP contribution in [-0.2, 0) is 23.7 Å². The third kappa shape index (κ3) is 32.9. The van der Waals surface area contributed by atoms with Crippen LogP contribution in [0.3, 0.4) is 0 Å². The van der Waals surface area contributed by atoms with E-state index in [-0.39, 0.29) is 12.5 Å². The molecule has 0 spiro atoms. The van der Waals surface area contributed by atoms with Crippen molar-refractivity contribution >= 4 is 5.91 Å². The van der Waals surface area contributed by atoms with Gasteiger partial charge in [0.05, 0.1) is 32.0 Å². The minimum Gasteiger partial charge on any atom is -0.394 e. The first-order valence-electron chi connectivity index (χ1n) is 30.9. The topological polar surface area (TPSA) is 228 Å². The summed E-state index contributed by atoms with van der Waals surface area (Å²) in [6.45, 7) is 2.72. The summed E-state index contributed by atoms with van der Waals surface area (Å²) in [5, 5.41) is 87.0. The molecule has 2 fully saturated rings. The molecule has 9 N–H and O–H groups in total. The van der Waals surface area contributed by atoms with E-state index in [0.717, 1.165) is 77.0 Å². The van der Waals surface area contributed by atoms with E-state index >= 15 is 0 Å². The maximum absolute atomic E-state index is 13.2. The van der Waals surface area contributed by atoms with Crippen LogP contribution in [0.15, 0.2) is 48.6 Å². The fraction of sp³-hybridized carbons (Fsp3) is 0.855. The Balaban J connectivity index is 1.58. The average Bonchev–Trinajstić information content (AvgIpc) is 3.42. The molecule has 1 amide bonds. The summed E-state index contributed by atoms with van der Waals surface area (Å²) >= 11 is 0. The molecule has 0 aromatic rings. The fourth-order valence-electron chi connectivity index (χ4n) is 10.1. The number of unbranched alkanes of at least 4 members (excludes halogenated alkanes) is 28. The number of carbonyl (C=O) groups excluding carboxylic acids is 1. The van der Waals surface area contributed by atoms with Crippen molar-refractivity contribution in [3.63, 3.8) is 0 Å². The third-order valence-electron chi connectivity index (χ3n) is 15.1. The summed E-state index contributed by atoms with van der Waals surface area (Å²) in [4.78, 5) is 13.2. The molecule has 12 unspecified atom stereocenters. The molecule has 0 aromatic carbocycles. The zero-order valence-electron chi connectivity index (χ0n) is 47.7. The Kier molecular flexibility index (Phi) is 44.0. The predicted molar refractivity (Wildman–Crippen MR) is 304 cm³/mol. The zero-order chi connectivity index (χ0) is 55.3. The number of nitrogens with one attached hydrogen (secondary N) is 1. The Morgan fingerprint density at radius 2 is 0.908 bits per heavy atom. The average molecular weight is 1080 g/mol. The molecule has 14 heteroatoms. The Morgan fingerprint density at radius 3 is 1.39 bits per heavy atom. The summed E-state index contributed by atoms with van der Waals surface area (Å²) < 4.78 is 22.8. The molecule has 2 aliphatic heterocycles. The highest BCUT2D eigenvalue weighted by atomic mass is 16.7.